The number of methoxy groups -OCH3 is 1. The fraction of sp³-hybridized carbons (Fsp3) is 0.875. The van der Waals surface area contributed by atoms with Gasteiger partial charge in [-0.15, -0.1) is 0 Å². The number of aliphatic hydroxyl groups excluding tert-OH is 1. The number of carbonyl (C=O) groups excluding carboxylic acids is 2. The molecule has 0 radical (unpaired) electrons. The summed E-state index contributed by atoms with van der Waals surface area (Å²) in [6, 6.07) is 0. The van der Waals surface area contributed by atoms with Crippen LogP contribution in [0.3, 0.4) is 0 Å². The van der Waals surface area contributed by atoms with Crippen LogP contribution < -0.4 is 0 Å². The molecule has 20 heavy (non-hydrogen) atoms. The summed E-state index contributed by atoms with van der Waals surface area (Å²) in [5.74, 6) is 0.852. The maximum absolute atomic E-state index is 11.8. The van der Waals surface area contributed by atoms with Crippen LogP contribution in [0.5, 0.6) is 0 Å². The molecule has 0 saturated heterocycles. The number of aliphatic hydroxyl groups is 1. The van der Waals surface area contributed by atoms with Gasteiger partial charge in [0, 0.05) is 13.0 Å². The fourth-order valence-electron chi connectivity index (χ4n) is 3.74. The molecule has 116 valence electrons. The van der Waals surface area contributed by atoms with Crippen molar-refractivity contribution in [3.8, 4) is 0 Å². The smallest absolute Gasteiger partial charge is 0.308 e. The molecule has 0 bridgehead atoms. The Kier molecular flexibility index (Phi) is 6.66. The van der Waals surface area contributed by atoms with Gasteiger partial charge in [-0.1, -0.05) is 20.3 Å². The molecule has 0 aromatic rings. The normalized spacial score (nSPS) is 31.6. The highest BCUT2D eigenvalue weighted by atomic mass is 16.5. The van der Waals surface area contributed by atoms with E-state index in [1.54, 1.807) is 6.92 Å². The van der Waals surface area contributed by atoms with Crippen molar-refractivity contribution in [2.45, 2.75) is 46.5 Å². The third-order valence-electron chi connectivity index (χ3n) is 5.04. The SMILES string of the molecule is COC(=O)C(C)C1CC[C@@H](C)C(CCC(C)=O)C1CO. The monoisotopic (exact) mass is 284 g/mol. The standard InChI is InChI=1S/C16H28O4/c1-10-5-7-14(12(3)16(19)20-4)15(9-17)13(10)8-6-11(2)18/h10,12-15,17H,5-9H2,1-4H3/t10-,12?,13?,14?,15?/m1/s1. The molecule has 1 N–H and O–H groups in total. The lowest BCUT2D eigenvalue weighted by molar-refractivity contribution is -0.149. The van der Waals surface area contributed by atoms with Gasteiger partial charge in [-0.2, -0.15) is 0 Å². The number of rotatable bonds is 6. The zero-order chi connectivity index (χ0) is 15.3. The maximum Gasteiger partial charge on any atom is 0.308 e. The van der Waals surface area contributed by atoms with Crippen LogP contribution in [0.25, 0.3) is 0 Å². The van der Waals surface area contributed by atoms with Gasteiger partial charge in [0.1, 0.15) is 5.78 Å². The van der Waals surface area contributed by atoms with Crippen molar-refractivity contribution < 1.29 is 19.4 Å². The molecule has 1 aliphatic rings. The van der Waals surface area contributed by atoms with Gasteiger partial charge in [-0.25, -0.2) is 0 Å². The minimum atomic E-state index is -0.201. The first-order valence-corrected chi connectivity index (χ1v) is 7.60. The molecule has 0 aromatic carbocycles. The molecular formula is C16H28O4. The van der Waals surface area contributed by atoms with Crippen LogP contribution in [0.1, 0.15) is 46.5 Å². The Morgan fingerprint density at radius 1 is 1.30 bits per heavy atom. The second-order valence-electron chi connectivity index (χ2n) is 6.28. The van der Waals surface area contributed by atoms with Crippen LogP contribution in [0, 0.1) is 29.6 Å². The van der Waals surface area contributed by atoms with Crippen molar-refractivity contribution in [1.82, 2.24) is 0 Å². The van der Waals surface area contributed by atoms with Gasteiger partial charge in [0.2, 0.25) is 0 Å². The summed E-state index contributed by atoms with van der Waals surface area (Å²) in [7, 11) is 1.41. The largest absolute Gasteiger partial charge is 0.469 e. The van der Waals surface area contributed by atoms with Gasteiger partial charge in [0.05, 0.1) is 13.0 Å². The van der Waals surface area contributed by atoms with Crippen molar-refractivity contribution in [1.29, 1.82) is 0 Å². The summed E-state index contributed by atoms with van der Waals surface area (Å²) >= 11 is 0. The number of hydrogen-bond acceptors (Lipinski definition) is 4. The van der Waals surface area contributed by atoms with E-state index in [0.29, 0.717) is 18.3 Å². The van der Waals surface area contributed by atoms with Crippen molar-refractivity contribution in [2.24, 2.45) is 29.6 Å². The number of esters is 1. The molecule has 0 spiro atoms. The number of carbonyl (C=O) groups is 2. The van der Waals surface area contributed by atoms with E-state index in [1.165, 1.54) is 7.11 Å². The highest BCUT2D eigenvalue weighted by Gasteiger charge is 2.41. The van der Waals surface area contributed by atoms with E-state index in [4.69, 9.17) is 4.74 Å². The third kappa shape index (κ3) is 4.05. The van der Waals surface area contributed by atoms with E-state index in [0.717, 1.165) is 19.3 Å². The summed E-state index contributed by atoms with van der Waals surface area (Å²) in [4.78, 5) is 23.0. The van der Waals surface area contributed by atoms with Crippen molar-refractivity contribution in [3.05, 3.63) is 0 Å². The van der Waals surface area contributed by atoms with Crippen LogP contribution in [0.4, 0.5) is 0 Å². The van der Waals surface area contributed by atoms with Gasteiger partial charge >= 0.3 is 5.97 Å². The Morgan fingerprint density at radius 2 is 1.95 bits per heavy atom. The summed E-state index contributed by atoms with van der Waals surface area (Å²) in [5.41, 5.74) is 0. The minimum Gasteiger partial charge on any atom is -0.469 e. The molecule has 5 atom stereocenters. The molecule has 1 aliphatic carbocycles. The van der Waals surface area contributed by atoms with Gasteiger partial charge in [-0.3, -0.25) is 4.79 Å². The Bertz CT molecular complexity index is 339. The molecule has 0 aromatic heterocycles. The van der Waals surface area contributed by atoms with E-state index < -0.39 is 0 Å². The first-order chi connectivity index (χ1) is 9.42. The molecule has 4 nitrogen and oxygen atoms in total. The minimum absolute atomic E-state index is 0.0823. The van der Waals surface area contributed by atoms with E-state index in [1.807, 2.05) is 6.92 Å². The Morgan fingerprint density at radius 3 is 2.45 bits per heavy atom. The van der Waals surface area contributed by atoms with Crippen molar-refractivity contribution in [3.63, 3.8) is 0 Å². The maximum atomic E-state index is 11.8. The summed E-state index contributed by atoms with van der Waals surface area (Å²) < 4.78 is 4.84. The molecule has 0 amide bonds. The number of Topliss-reactive ketones (excluding diaryl/α,β-unsaturated/α-hetero) is 1. The molecule has 0 heterocycles. The van der Waals surface area contributed by atoms with E-state index in [2.05, 4.69) is 6.92 Å². The lowest BCUT2D eigenvalue weighted by Gasteiger charge is -2.43. The highest BCUT2D eigenvalue weighted by molar-refractivity contribution is 5.75. The first-order valence-electron chi connectivity index (χ1n) is 7.60. The lowest BCUT2D eigenvalue weighted by atomic mass is 9.62. The Labute approximate surface area is 121 Å². The summed E-state index contributed by atoms with van der Waals surface area (Å²) in [5, 5.41) is 9.78. The zero-order valence-corrected chi connectivity index (χ0v) is 13.1. The number of ketones is 1. The summed E-state index contributed by atoms with van der Waals surface area (Å²) in [6.07, 6.45) is 3.36. The lowest BCUT2D eigenvalue weighted by Crippen LogP contribution is -2.41. The highest BCUT2D eigenvalue weighted by Crippen LogP contribution is 2.44. The van der Waals surface area contributed by atoms with E-state index >= 15 is 0 Å². The predicted octanol–water partition coefficient (Wildman–Crippen LogP) is 2.44. The van der Waals surface area contributed by atoms with Crippen LogP contribution in [-0.4, -0.2) is 30.6 Å². The fourth-order valence-corrected chi connectivity index (χ4v) is 3.74. The van der Waals surface area contributed by atoms with Crippen molar-refractivity contribution >= 4 is 11.8 Å². The molecule has 0 aliphatic heterocycles. The molecule has 4 heteroatoms. The second kappa shape index (κ2) is 7.77. The molecule has 1 saturated carbocycles. The third-order valence-corrected chi connectivity index (χ3v) is 5.04. The van der Waals surface area contributed by atoms with Crippen LogP contribution in [0.15, 0.2) is 0 Å². The van der Waals surface area contributed by atoms with Crippen LogP contribution in [-0.2, 0) is 14.3 Å². The van der Waals surface area contributed by atoms with Gasteiger partial charge in [0.25, 0.3) is 0 Å². The molecule has 1 fully saturated rings. The van der Waals surface area contributed by atoms with Crippen LogP contribution in [0.2, 0.25) is 0 Å². The zero-order valence-electron chi connectivity index (χ0n) is 13.1. The quantitative estimate of drug-likeness (QED) is 0.761. The summed E-state index contributed by atoms with van der Waals surface area (Å²) in [6.45, 7) is 5.76. The average molecular weight is 284 g/mol. The average Bonchev–Trinajstić information content (AvgIpc) is 2.43. The van der Waals surface area contributed by atoms with Crippen molar-refractivity contribution in [2.75, 3.05) is 13.7 Å². The van der Waals surface area contributed by atoms with Gasteiger partial charge in [0.15, 0.2) is 0 Å². The van der Waals surface area contributed by atoms with E-state index in [-0.39, 0.29) is 36.1 Å². The molecule has 1 rings (SSSR count). The predicted molar refractivity (Wildman–Crippen MR) is 77.0 cm³/mol. The number of ether oxygens (including phenoxy) is 1. The van der Waals surface area contributed by atoms with E-state index in [9.17, 15) is 14.7 Å². The first kappa shape index (κ1) is 17.2. The Balaban J connectivity index is 2.82. The van der Waals surface area contributed by atoms with Gasteiger partial charge in [-0.05, 0) is 43.4 Å². The Hall–Kier alpha value is -0.900. The molecular weight excluding hydrogens is 256 g/mol. The van der Waals surface area contributed by atoms with Crippen LogP contribution >= 0.6 is 0 Å². The van der Waals surface area contributed by atoms with Gasteiger partial charge < -0.3 is 14.6 Å². The number of hydrogen-bond donors (Lipinski definition) is 1. The topological polar surface area (TPSA) is 63.6 Å². The second-order valence-corrected chi connectivity index (χ2v) is 6.28. The molecule has 4 unspecified atom stereocenters.